The number of para-hydroxylation sites is 1. The Balaban J connectivity index is 1.23. The van der Waals surface area contributed by atoms with Crippen molar-refractivity contribution in [3.63, 3.8) is 0 Å². The van der Waals surface area contributed by atoms with Gasteiger partial charge in [-0.2, -0.15) is 0 Å². The number of ether oxygens (including phenoxy) is 2. The number of carbonyl (C=O) groups excluding carboxylic acids is 2. The number of rotatable bonds is 11. The maximum Gasteiger partial charge on any atom is 0.337 e. The average molecular weight is 525 g/mol. The van der Waals surface area contributed by atoms with E-state index >= 15 is 0 Å². The van der Waals surface area contributed by atoms with Crippen molar-refractivity contribution >= 4 is 29.2 Å². The molecular formula is C31H28N2O6. The lowest BCUT2D eigenvalue weighted by atomic mass is 10.1. The molecule has 4 aromatic rings. The fourth-order valence-corrected chi connectivity index (χ4v) is 3.82. The third-order valence-electron chi connectivity index (χ3n) is 5.71. The van der Waals surface area contributed by atoms with E-state index in [1.54, 1.807) is 42.5 Å². The first kappa shape index (κ1) is 26.9. The standard InChI is InChI=1S/C31H28N2O6/c1-21(34)32-24-10-6-22(7-11-24)18-19-38-25-14-16-27(17-15-25)39-26-12-8-23(9-13-26)20-30(35)33-29-5-3-2-4-28(29)31(36)37/h2-17H,18-20H2,1H3,(H,32,34)(H,33,35)(H,36,37). The highest BCUT2D eigenvalue weighted by Gasteiger charge is 2.12. The monoisotopic (exact) mass is 524 g/mol. The maximum atomic E-state index is 12.4. The van der Waals surface area contributed by atoms with Gasteiger partial charge >= 0.3 is 5.97 Å². The molecule has 0 spiro atoms. The van der Waals surface area contributed by atoms with E-state index in [2.05, 4.69) is 10.6 Å². The minimum atomic E-state index is -1.10. The van der Waals surface area contributed by atoms with E-state index in [9.17, 15) is 19.5 Å². The number of carbonyl (C=O) groups is 3. The summed E-state index contributed by atoms with van der Waals surface area (Å²) in [6, 6.07) is 28.4. The summed E-state index contributed by atoms with van der Waals surface area (Å²) in [4.78, 5) is 34.8. The molecule has 0 aliphatic heterocycles. The van der Waals surface area contributed by atoms with E-state index in [1.807, 2.05) is 48.5 Å². The van der Waals surface area contributed by atoms with Gasteiger partial charge in [0.1, 0.15) is 17.2 Å². The van der Waals surface area contributed by atoms with Crippen LogP contribution in [-0.4, -0.2) is 29.5 Å². The lowest BCUT2D eigenvalue weighted by Crippen LogP contribution is -2.16. The molecule has 0 aromatic heterocycles. The Morgan fingerprint density at radius 2 is 1.31 bits per heavy atom. The predicted octanol–water partition coefficient (Wildman–Crippen LogP) is 5.94. The molecular weight excluding hydrogens is 496 g/mol. The number of hydrogen-bond donors (Lipinski definition) is 3. The highest BCUT2D eigenvalue weighted by atomic mass is 16.5. The summed E-state index contributed by atoms with van der Waals surface area (Å²) < 4.78 is 11.7. The highest BCUT2D eigenvalue weighted by Crippen LogP contribution is 2.25. The molecule has 0 radical (unpaired) electrons. The highest BCUT2D eigenvalue weighted by molar-refractivity contribution is 6.01. The molecule has 8 heteroatoms. The number of carboxylic acid groups (broad SMARTS) is 1. The molecule has 4 rings (SSSR count). The molecule has 4 aromatic carbocycles. The molecule has 0 heterocycles. The zero-order valence-corrected chi connectivity index (χ0v) is 21.3. The summed E-state index contributed by atoms with van der Waals surface area (Å²) >= 11 is 0. The molecule has 198 valence electrons. The van der Waals surface area contributed by atoms with Gasteiger partial charge in [-0.3, -0.25) is 9.59 Å². The molecule has 0 atom stereocenters. The van der Waals surface area contributed by atoms with Gasteiger partial charge in [0.2, 0.25) is 11.8 Å². The molecule has 0 saturated carbocycles. The fourth-order valence-electron chi connectivity index (χ4n) is 3.82. The zero-order chi connectivity index (χ0) is 27.6. The van der Waals surface area contributed by atoms with Gasteiger partial charge in [0.05, 0.1) is 24.3 Å². The molecule has 0 aliphatic carbocycles. The van der Waals surface area contributed by atoms with Gasteiger partial charge in [-0.25, -0.2) is 4.79 Å². The quantitative estimate of drug-likeness (QED) is 0.224. The van der Waals surface area contributed by atoms with Crippen LogP contribution in [0.25, 0.3) is 0 Å². The van der Waals surface area contributed by atoms with E-state index in [4.69, 9.17) is 9.47 Å². The van der Waals surface area contributed by atoms with Gasteiger partial charge in [0.15, 0.2) is 0 Å². The van der Waals surface area contributed by atoms with Crippen molar-refractivity contribution in [3.8, 4) is 17.2 Å². The summed E-state index contributed by atoms with van der Waals surface area (Å²) in [7, 11) is 0. The summed E-state index contributed by atoms with van der Waals surface area (Å²) in [6.07, 6.45) is 0.828. The Morgan fingerprint density at radius 3 is 1.95 bits per heavy atom. The van der Waals surface area contributed by atoms with E-state index in [1.165, 1.54) is 13.0 Å². The van der Waals surface area contributed by atoms with E-state index in [-0.39, 0.29) is 29.5 Å². The van der Waals surface area contributed by atoms with E-state index in [0.29, 0.717) is 18.1 Å². The molecule has 0 aliphatic rings. The van der Waals surface area contributed by atoms with Crippen LogP contribution in [0.1, 0.15) is 28.4 Å². The number of benzene rings is 4. The Kier molecular flexibility index (Phi) is 8.92. The second-order valence-corrected chi connectivity index (χ2v) is 8.77. The molecule has 2 amide bonds. The summed E-state index contributed by atoms with van der Waals surface area (Å²) in [6.45, 7) is 1.99. The number of hydrogen-bond acceptors (Lipinski definition) is 5. The lowest BCUT2D eigenvalue weighted by molar-refractivity contribution is -0.116. The van der Waals surface area contributed by atoms with Gasteiger partial charge in [0, 0.05) is 19.0 Å². The van der Waals surface area contributed by atoms with Crippen molar-refractivity contribution in [2.45, 2.75) is 19.8 Å². The van der Waals surface area contributed by atoms with E-state index < -0.39 is 5.97 Å². The summed E-state index contributed by atoms with van der Waals surface area (Å²) in [5, 5.41) is 14.7. The first-order valence-electron chi connectivity index (χ1n) is 12.3. The van der Waals surface area contributed by atoms with Crippen molar-refractivity contribution in [2.75, 3.05) is 17.2 Å². The molecule has 0 unspecified atom stereocenters. The van der Waals surface area contributed by atoms with Crippen molar-refractivity contribution in [1.29, 1.82) is 0 Å². The number of anilines is 2. The van der Waals surface area contributed by atoms with Gasteiger partial charge < -0.3 is 25.2 Å². The topological polar surface area (TPSA) is 114 Å². The lowest BCUT2D eigenvalue weighted by Gasteiger charge is -2.10. The van der Waals surface area contributed by atoms with Crippen LogP contribution in [-0.2, 0) is 22.4 Å². The first-order valence-corrected chi connectivity index (χ1v) is 12.3. The van der Waals surface area contributed by atoms with Crippen LogP contribution in [0, 0.1) is 0 Å². The average Bonchev–Trinajstić information content (AvgIpc) is 2.91. The van der Waals surface area contributed by atoms with Crippen LogP contribution in [0.4, 0.5) is 11.4 Å². The molecule has 39 heavy (non-hydrogen) atoms. The molecule has 0 saturated heterocycles. The Bertz CT molecular complexity index is 1430. The van der Waals surface area contributed by atoms with Crippen LogP contribution in [0.5, 0.6) is 17.2 Å². The molecule has 8 nitrogen and oxygen atoms in total. The van der Waals surface area contributed by atoms with Crippen molar-refractivity contribution in [1.82, 2.24) is 0 Å². The maximum absolute atomic E-state index is 12.4. The van der Waals surface area contributed by atoms with Crippen LogP contribution >= 0.6 is 0 Å². The van der Waals surface area contributed by atoms with Crippen LogP contribution < -0.4 is 20.1 Å². The molecule has 3 N–H and O–H groups in total. The third-order valence-corrected chi connectivity index (χ3v) is 5.71. The summed E-state index contributed by atoms with van der Waals surface area (Å²) in [5.41, 5.74) is 2.94. The Labute approximate surface area is 226 Å². The number of carboxylic acids is 1. The van der Waals surface area contributed by atoms with Crippen molar-refractivity contribution in [3.05, 3.63) is 114 Å². The Hall–Kier alpha value is -5.11. The van der Waals surface area contributed by atoms with Crippen molar-refractivity contribution in [2.24, 2.45) is 0 Å². The van der Waals surface area contributed by atoms with Crippen LogP contribution in [0.3, 0.4) is 0 Å². The first-order chi connectivity index (χ1) is 18.9. The minimum Gasteiger partial charge on any atom is -0.493 e. The van der Waals surface area contributed by atoms with Crippen molar-refractivity contribution < 1.29 is 29.0 Å². The second kappa shape index (κ2) is 12.9. The predicted molar refractivity (Wildman–Crippen MR) is 149 cm³/mol. The minimum absolute atomic E-state index is 0.0422. The smallest absolute Gasteiger partial charge is 0.337 e. The normalized spacial score (nSPS) is 10.4. The molecule has 0 bridgehead atoms. The van der Waals surface area contributed by atoms with Gasteiger partial charge in [-0.1, -0.05) is 36.4 Å². The van der Waals surface area contributed by atoms with Crippen LogP contribution in [0.15, 0.2) is 97.1 Å². The van der Waals surface area contributed by atoms with Gasteiger partial charge in [-0.05, 0) is 71.8 Å². The Morgan fingerprint density at radius 1 is 0.718 bits per heavy atom. The fraction of sp³-hybridized carbons (Fsp3) is 0.129. The SMILES string of the molecule is CC(=O)Nc1ccc(CCOc2ccc(Oc3ccc(CC(=O)Nc4ccccc4C(=O)O)cc3)cc2)cc1. The number of aromatic carboxylic acids is 1. The largest absolute Gasteiger partial charge is 0.493 e. The summed E-state index contributed by atoms with van der Waals surface area (Å²) in [5.74, 6) is 0.480. The van der Waals surface area contributed by atoms with E-state index in [0.717, 1.165) is 29.0 Å². The number of nitrogens with one attached hydrogen (secondary N) is 2. The third kappa shape index (κ3) is 8.19. The number of amides is 2. The van der Waals surface area contributed by atoms with Crippen LogP contribution in [0.2, 0.25) is 0 Å². The molecule has 0 fully saturated rings. The zero-order valence-electron chi connectivity index (χ0n) is 21.3. The van der Waals surface area contributed by atoms with Gasteiger partial charge in [-0.15, -0.1) is 0 Å². The van der Waals surface area contributed by atoms with Gasteiger partial charge in [0.25, 0.3) is 0 Å². The second-order valence-electron chi connectivity index (χ2n) is 8.77.